The SMILES string of the molecule is O=C(O)c1ccc(C[C@@]2(C3=Cc4ccccc4C3)Cc3ccccc3[C@H]2O)cc1.O=C(O)c1ccc(C[C@]2(C3=Cc4ccccc4C3)Cc3ccccc3[C@@H]2O)cc1. The Kier molecular flexibility index (Phi) is 9.55. The van der Waals surface area contributed by atoms with E-state index < -0.39 is 35.0 Å². The van der Waals surface area contributed by atoms with Crippen molar-refractivity contribution in [2.24, 2.45) is 10.8 Å². The summed E-state index contributed by atoms with van der Waals surface area (Å²) in [6.45, 7) is 0. The molecule has 0 unspecified atom stereocenters. The minimum atomic E-state index is -0.923. The molecule has 6 nitrogen and oxygen atoms in total. The van der Waals surface area contributed by atoms with Gasteiger partial charge in [0.05, 0.1) is 23.3 Å². The molecule has 4 N–H and O–H groups in total. The zero-order chi connectivity index (χ0) is 40.0. The van der Waals surface area contributed by atoms with Crippen LogP contribution >= 0.6 is 0 Å². The number of carbonyl (C=O) groups is 2. The Hall–Kier alpha value is -6.34. The number of rotatable bonds is 8. The molecule has 0 radical (unpaired) electrons. The molecule has 0 saturated carbocycles. The highest BCUT2D eigenvalue weighted by Crippen LogP contribution is 2.56. The Morgan fingerprint density at radius 3 is 1.16 bits per heavy atom. The van der Waals surface area contributed by atoms with E-state index >= 15 is 0 Å². The fourth-order valence-electron chi connectivity index (χ4n) is 9.97. The fourth-order valence-corrected chi connectivity index (χ4v) is 9.97. The van der Waals surface area contributed by atoms with Crippen LogP contribution < -0.4 is 0 Å². The van der Waals surface area contributed by atoms with Crippen LogP contribution in [0.3, 0.4) is 0 Å². The third-order valence-corrected chi connectivity index (χ3v) is 13.0. The fraction of sp³-hybridized carbons (Fsp3) is 0.192. The molecular weight excluding hydrogens is 721 g/mol. The molecular formula is C52H44O6. The van der Waals surface area contributed by atoms with Gasteiger partial charge in [-0.3, -0.25) is 0 Å². The van der Waals surface area contributed by atoms with Gasteiger partial charge >= 0.3 is 11.9 Å². The predicted molar refractivity (Wildman–Crippen MR) is 226 cm³/mol. The lowest BCUT2D eigenvalue weighted by atomic mass is 9.70. The van der Waals surface area contributed by atoms with Gasteiger partial charge in [-0.15, -0.1) is 0 Å². The van der Waals surface area contributed by atoms with Gasteiger partial charge in [-0.05, 0) is 118 Å². The van der Waals surface area contributed by atoms with E-state index in [4.69, 9.17) is 0 Å². The number of hydrogen-bond acceptors (Lipinski definition) is 4. The highest BCUT2D eigenvalue weighted by molar-refractivity contribution is 5.88. The molecule has 0 amide bonds. The molecule has 0 spiro atoms. The van der Waals surface area contributed by atoms with E-state index in [0.717, 1.165) is 47.9 Å². The van der Waals surface area contributed by atoms with E-state index in [9.17, 15) is 30.0 Å². The molecule has 6 aromatic carbocycles. The summed E-state index contributed by atoms with van der Waals surface area (Å²) in [7, 11) is 0. The van der Waals surface area contributed by atoms with E-state index in [1.807, 2.05) is 60.7 Å². The van der Waals surface area contributed by atoms with Crippen LogP contribution in [0.15, 0.2) is 157 Å². The Balaban J connectivity index is 0.000000150. The monoisotopic (exact) mass is 764 g/mol. The summed E-state index contributed by atoms with van der Waals surface area (Å²) >= 11 is 0. The quantitative estimate of drug-likeness (QED) is 0.123. The molecule has 0 aromatic heterocycles. The van der Waals surface area contributed by atoms with Gasteiger partial charge < -0.3 is 20.4 Å². The summed E-state index contributed by atoms with van der Waals surface area (Å²) in [6, 6.07) is 47.2. The molecule has 4 aliphatic carbocycles. The van der Waals surface area contributed by atoms with Crippen molar-refractivity contribution >= 4 is 24.1 Å². The van der Waals surface area contributed by atoms with Crippen LogP contribution in [0.25, 0.3) is 12.2 Å². The van der Waals surface area contributed by atoms with Crippen molar-refractivity contribution in [2.75, 3.05) is 0 Å². The molecule has 0 heterocycles. The maximum atomic E-state index is 11.5. The molecule has 6 heteroatoms. The highest BCUT2D eigenvalue weighted by atomic mass is 16.4. The Morgan fingerprint density at radius 1 is 0.466 bits per heavy atom. The highest BCUT2D eigenvalue weighted by Gasteiger charge is 2.50. The minimum Gasteiger partial charge on any atom is -0.478 e. The molecule has 6 aromatic rings. The zero-order valence-corrected chi connectivity index (χ0v) is 32.0. The first-order valence-corrected chi connectivity index (χ1v) is 19.9. The normalized spacial score (nSPS) is 22.1. The third-order valence-electron chi connectivity index (χ3n) is 13.0. The molecule has 288 valence electrons. The Bertz CT molecular complexity index is 2440. The van der Waals surface area contributed by atoms with Crippen molar-refractivity contribution in [2.45, 2.75) is 50.7 Å². The second-order valence-electron chi connectivity index (χ2n) is 16.3. The molecule has 58 heavy (non-hydrogen) atoms. The van der Waals surface area contributed by atoms with E-state index in [0.29, 0.717) is 12.8 Å². The van der Waals surface area contributed by atoms with Crippen molar-refractivity contribution in [3.8, 4) is 0 Å². The van der Waals surface area contributed by atoms with Crippen molar-refractivity contribution < 1.29 is 30.0 Å². The van der Waals surface area contributed by atoms with Gasteiger partial charge in [0.1, 0.15) is 0 Å². The Morgan fingerprint density at radius 2 is 0.810 bits per heavy atom. The average Bonchev–Trinajstić information content (AvgIpc) is 4.01. The van der Waals surface area contributed by atoms with E-state index in [1.54, 1.807) is 24.3 Å². The van der Waals surface area contributed by atoms with Gasteiger partial charge in [-0.2, -0.15) is 0 Å². The third kappa shape index (κ3) is 6.58. The molecule has 10 rings (SSSR count). The van der Waals surface area contributed by atoms with Crippen LogP contribution in [0.4, 0.5) is 0 Å². The number of aromatic carboxylic acids is 2. The molecule has 0 saturated heterocycles. The number of aliphatic hydroxyl groups is 2. The first-order valence-electron chi connectivity index (χ1n) is 19.9. The van der Waals surface area contributed by atoms with Crippen molar-refractivity contribution in [1.29, 1.82) is 0 Å². The lowest BCUT2D eigenvalue weighted by molar-refractivity contribution is 0.0649. The molecule has 0 fully saturated rings. The minimum absolute atomic E-state index is 0.283. The van der Waals surface area contributed by atoms with Crippen LogP contribution in [0, 0.1) is 10.8 Å². The Labute approximate surface area is 338 Å². The van der Waals surface area contributed by atoms with Crippen LogP contribution in [0.1, 0.15) is 88.6 Å². The van der Waals surface area contributed by atoms with Gasteiger partial charge in [0, 0.05) is 10.8 Å². The van der Waals surface area contributed by atoms with Gasteiger partial charge in [0.2, 0.25) is 0 Å². The van der Waals surface area contributed by atoms with Gasteiger partial charge in [0.25, 0.3) is 0 Å². The van der Waals surface area contributed by atoms with Crippen molar-refractivity contribution in [1.82, 2.24) is 0 Å². The number of fused-ring (bicyclic) bond motifs is 4. The lowest BCUT2D eigenvalue weighted by Crippen LogP contribution is -2.31. The van der Waals surface area contributed by atoms with Crippen LogP contribution in [0.2, 0.25) is 0 Å². The molecule has 4 aliphatic rings. The average molecular weight is 765 g/mol. The topological polar surface area (TPSA) is 115 Å². The van der Waals surface area contributed by atoms with Crippen molar-refractivity contribution in [3.05, 3.63) is 224 Å². The van der Waals surface area contributed by atoms with Crippen LogP contribution in [-0.4, -0.2) is 32.4 Å². The second-order valence-corrected chi connectivity index (χ2v) is 16.3. The molecule has 0 bridgehead atoms. The summed E-state index contributed by atoms with van der Waals surface area (Å²) in [5.41, 5.74) is 13.8. The largest absolute Gasteiger partial charge is 0.478 e. The number of benzene rings is 6. The number of carboxylic acid groups (broad SMARTS) is 2. The smallest absolute Gasteiger partial charge is 0.335 e. The maximum Gasteiger partial charge on any atom is 0.335 e. The zero-order valence-electron chi connectivity index (χ0n) is 32.0. The predicted octanol–water partition coefficient (Wildman–Crippen LogP) is 9.69. The van der Waals surface area contributed by atoms with Crippen LogP contribution in [0.5, 0.6) is 0 Å². The summed E-state index contributed by atoms with van der Waals surface area (Å²) in [6.07, 6.45) is 7.91. The van der Waals surface area contributed by atoms with Gasteiger partial charge in [0.15, 0.2) is 0 Å². The molecule has 4 atom stereocenters. The number of carboxylic acids is 2. The van der Waals surface area contributed by atoms with E-state index in [1.165, 1.54) is 44.5 Å². The maximum absolute atomic E-state index is 11.5. The number of hydrogen-bond donors (Lipinski definition) is 4. The summed E-state index contributed by atoms with van der Waals surface area (Å²) in [5.74, 6) is -1.85. The van der Waals surface area contributed by atoms with Crippen molar-refractivity contribution in [3.63, 3.8) is 0 Å². The summed E-state index contributed by atoms with van der Waals surface area (Å²) in [5, 5.41) is 41.4. The second kappa shape index (κ2) is 14.9. The standard InChI is InChI=1S/2C26H22O3/c2*27-24-23-8-4-3-7-21(23)16-26(24,15-17-9-11-18(12-10-17)25(28)29)22-13-19-5-1-2-6-20(19)14-22/h2*1-13,24,27H,14-16H2,(H,28,29)/t2*24-,26+/m10/s1. The lowest BCUT2D eigenvalue weighted by Gasteiger charge is -2.35. The first kappa shape index (κ1) is 37.2. The first-order chi connectivity index (χ1) is 28.1. The molecule has 0 aliphatic heterocycles. The summed E-state index contributed by atoms with van der Waals surface area (Å²) < 4.78 is 0. The van der Waals surface area contributed by atoms with Crippen LogP contribution in [-0.2, 0) is 38.5 Å². The van der Waals surface area contributed by atoms with E-state index in [-0.39, 0.29) is 11.1 Å². The summed E-state index contributed by atoms with van der Waals surface area (Å²) in [4.78, 5) is 22.4. The van der Waals surface area contributed by atoms with E-state index in [2.05, 4.69) is 72.8 Å². The van der Waals surface area contributed by atoms with Gasteiger partial charge in [-0.25, -0.2) is 9.59 Å². The number of aliphatic hydroxyl groups excluding tert-OH is 2. The van der Waals surface area contributed by atoms with Gasteiger partial charge in [-0.1, -0.05) is 145 Å².